The highest BCUT2D eigenvalue weighted by molar-refractivity contribution is 6.84. The first-order chi connectivity index (χ1) is 8.49. The molecule has 0 aromatic rings. The van der Waals surface area contributed by atoms with E-state index >= 15 is 0 Å². The molecule has 0 aromatic carbocycles. The summed E-state index contributed by atoms with van der Waals surface area (Å²) in [6.07, 6.45) is 0. The molecular formula is C12H28N2O3Si2. The lowest BCUT2D eigenvalue weighted by Crippen LogP contribution is -2.70. The van der Waals surface area contributed by atoms with Crippen molar-refractivity contribution in [3.8, 4) is 0 Å². The van der Waals surface area contributed by atoms with Crippen LogP contribution in [0.1, 0.15) is 27.7 Å². The Kier molecular flexibility index (Phi) is 6.43. The van der Waals surface area contributed by atoms with Crippen molar-refractivity contribution in [3.05, 3.63) is 0 Å². The molecule has 0 aromatic heterocycles. The summed E-state index contributed by atoms with van der Waals surface area (Å²) in [5, 5.41) is 0. The average molecular weight is 305 g/mol. The van der Waals surface area contributed by atoms with Crippen molar-refractivity contribution in [1.82, 2.24) is 9.13 Å². The zero-order valence-electron chi connectivity index (χ0n) is 13.5. The molecule has 0 unspecified atom stereocenters. The molecule has 0 spiro atoms. The summed E-state index contributed by atoms with van der Waals surface area (Å²) in [6, 6.07) is 0. The van der Waals surface area contributed by atoms with Gasteiger partial charge < -0.3 is 13.2 Å². The molecule has 2 amide bonds. The fraction of sp³-hybridized carbons (Fsp3) is 0.833. The molecule has 0 aliphatic heterocycles. The zero-order valence-corrected chi connectivity index (χ0v) is 15.5. The van der Waals surface area contributed by atoms with Crippen LogP contribution in [0, 0.1) is 0 Å². The highest BCUT2D eigenvalue weighted by atomic mass is 28.4. The van der Waals surface area contributed by atoms with Gasteiger partial charge in [-0.3, -0.25) is 9.59 Å². The third-order valence-corrected chi connectivity index (χ3v) is 10.2. The summed E-state index contributed by atoms with van der Waals surface area (Å²) in [6.45, 7) is 16.2. The van der Waals surface area contributed by atoms with Crippen LogP contribution in [0.5, 0.6) is 0 Å². The maximum atomic E-state index is 11.9. The number of hydrogen-bond donors (Lipinski definition) is 0. The third-order valence-electron chi connectivity index (χ3n) is 2.89. The van der Waals surface area contributed by atoms with E-state index in [0.29, 0.717) is 13.1 Å². The predicted molar refractivity (Wildman–Crippen MR) is 82.2 cm³/mol. The van der Waals surface area contributed by atoms with E-state index in [4.69, 9.17) is 4.12 Å². The first-order valence-electron chi connectivity index (χ1n) is 6.76. The van der Waals surface area contributed by atoms with E-state index in [1.165, 1.54) is 13.8 Å². The minimum absolute atomic E-state index is 0.0328. The molecule has 19 heavy (non-hydrogen) atoms. The van der Waals surface area contributed by atoms with Crippen LogP contribution in [0.2, 0.25) is 26.2 Å². The fourth-order valence-electron chi connectivity index (χ4n) is 2.45. The minimum Gasteiger partial charge on any atom is -0.425 e. The van der Waals surface area contributed by atoms with E-state index < -0.39 is 17.0 Å². The largest absolute Gasteiger partial charge is 0.425 e. The minimum atomic E-state index is -2.74. The first-order valence-corrected chi connectivity index (χ1v) is 12.5. The Hall–Kier alpha value is -0.666. The number of amides is 2. The van der Waals surface area contributed by atoms with E-state index in [-0.39, 0.29) is 11.8 Å². The van der Waals surface area contributed by atoms with Gasteiger partial charge in [0.2, 0.25) is 11.8 Å². The van der Waals surface area contributed by atoms with Crippen molar-refractivity contribution in [2.45, 2.75) is 53.9 Å². The number of rotatable bonds is 6. The highest BCUT2D eigenvalue weighted by Crippen LogP contribution is 2.23. The van der Waals surface area contributed by atoms with E-state index in [2.05, 4.69) is 19.6 Å². The summed E-state index contributed by atoms with van der Waals surface area (Å²) in [5.74, 6) is -0.0655. The lowest BCUT2D eigenvalue weighted by atomic mass is 10.6. The van der Waals surface area contributed by atoms with Crippen LogP contribution in [-0.2, 0) is 13.7 Å². The van der Waals surface area contributed by atoms with Gasteiger partial charge in [-0.15, -0.1) is 0 Å². The number of carbonyl (C=O) groups is 2. The first kappa shape index (κ1) is 18.3. The topological polar surface area (TPSA) is 49.9 Å². The van der Waals surface area contributed by atoms with Gasteiger partial charge in [0.25, 0.3) is 0 Å². The van der Waals surface area contributed by atoms with Gasteiger partial charge in [-0.05, 0) is 40.0 Å². The lowest BCUT2D eigenvalue weighted by molar-refractivity contribution is -0.128. The molecule has 0 atom stereocenters. The van der Waals surface area contributed by atoms with Gasteiger partial charge in [-0.25, -0.2) is 0 Å². The Labute approximate surface area is 119 Å². The third kappa shape index (κ3) is 4.74. The molecule has 0 saturated carbocycles. The Morgan fingerprint density at radius 1 is 0.895 bits per heavy atom. The number of hydrogen-bond acceptors (Lipinski definition) is 3. The quantitative estimate of drug-likeness (QED) is 0.707. The van der Waals surface area contributed by atoms with Gasteiger partial charge >= 0.3 is 8.64 Å². The highest BCUT2D eigenvalue weighted by Gasteiger charge is 2.48. The smallest absolute Gasteiger partial charge is 0.409 e. The van der Waals surface area contributed by atoms with E-state index in [9.17, 15) is 9.59 Å². The second kappa shape index (κ2) is 6.67. The van der Waals surface area contributed by atoms with Gasteiger partial charge in [0.05, 0.1) is 0 Å². The molecule has 112 valence electrons. The maximum absolute atomic E-state index is 11.9. The SMILES string of the molecule is CCN(C(C)=O)[Si](C)(O[Si](C)(C)C)N(CC)C(C)=O. The van der Waals surface area contributed by atoms with Crippen molar-refractivity contribution in [2.24, 2.45) is 0 Å². The lowest BCUT2D eigenvalue weighted by Gasteiger charge is -2.47. The Morgan fingerprint density at radius 3 is 1.37 bits per heavy atom. The molecule has 0 rings (SSSR count). The van der Waals surface area contributed by atoms with Gasteiger partial charge in [0.1, 0.15) is 0 Å². The normalized spacial score (nSPS) is 12.2. The summed E-state index contributed by atoms with van der Waals surface area (Å²) in [5.41, 5.74) is 0. The molecular weight excluding hydrogens is 276 g/mol. The molecule has 0 aliphatic carbocycles. The van der Waals surface area contributed by atoms with Crippen LogP contribution in [0.15, 0.2) is 0 Å². The van der Waals surface area contributed by atoms with Crippen molar-refractivity contribution in [3.63, 3.8) is 0 Å². The van der Waals surface area contributed by atoms with Crippen LogP contribution in [0.4, 0.5) is 0 Å². The number of nitrogens with zero attached hydrogens (tertiary/aromatic N) is 2. The Balaban J connectivity index is 5.69. The fourth-order valence-corrected chi connectivity index (χ4v) is 10.6. The van der Waals surface area contributed by atoms with Gasteiger partial charge in [0, 0.05) is 26.9 Å². The van der Waals surface area contributed by atoms with Crippen LogP contribution in [-0.4, -0.2) is 51.0 Å². The molecule has 0 heterocycles. The number of carbonyl (C=O) groups excluding carboxylic acids is 2. The van der Waals surface area contributed by atoms with E-state index in [1.54, 1.807) is 9.13 Å². The monoisotopic (exact) mass is 304 g/mol. The summed E-state index contributed by atoms with van der Waals surface area (Å²) in [7, 11) is -4.61. The Morgan fingerprint density at radius 2 is 1.21 bits per heavy atom. The summed E-state index contributed by atoms with van der Waals surface area (Å²) >= 11 is 0. The second-order valence-electron chi connectivity index (χ2n) is 5.67. The van der Waals surface area contributed by atoms with Crippen LogP contribution in [0.25, 0.3) is 0 Å². The van der Waals surface area contributed by atoms with Crippen molar-refractivity contribution >= 4 is 28.8 Å². The summed E-state index contributed by atoms with van der Waals surface area (Å²) in [4.78, 5) is 23.8. The van der Waals surface area contributed by atoms with Crippen LogP contribution >= 0.6 is 0 Å². The van der Waals surface area contributed by atoms with E-state index in [1.807, 2.05) is 20.4 Å². The van der Waals surface area contributed by atoms with E-state index in [0.717, 1.165) is 0 Å². The van der Waals surface area contributed by atoms with Gasteiger partial charge in [-0.2, -0.15) is 0 Å². The van der Waals surface area contributed by atoms with Crippen LogP contribution < -0.4 is 0 Å². The molecule has 0 radical (unpaired) electrons. The average Bonchev–Trinajstić information content (AvgIpc) is 2.14. The zero-order chi connectivity index (χ0) is 15.4. The summed E-state index contributed by atoms with van der Waals surface area (Å²) < 4.78 is 9.83. The van der Waals surface area contributed by atoms with Gasteiger partial charge in [-0.1, -0.05) is 0 Å². The van der Waals surface area contributed by atoms with Crippen molar-refractivity contribution in [1.29, 1.82) is 0 Å². The molecule has 0 fully saturated rings. The molecule has 0 aliphatic rings. The maximum Gasteiger partial charge on any atom is 0.409 e. The molecule has 0 saturated heterocycles. The molecule has 5 nitrogen and oxygen atoms in total. The van der Waals surface area contributed by atoms with Crippen molar-refractivity contribution < 1.29 is 13.7 Å². The standard InChI is InChI=1S/C12H28N2O3Si2/c1-9-13(11(3)15)19(8,17-18(5,6)7)14(10-2)12(4)16/h9-10H2,1-8H3. The van der Waals surface area contributed by atoms with Gasteiger partial charge in [0.15, 0.2) is 8.32 Å². The molecule has 0 bridgehead atoms. The van der Waals surface area contributed by atoms with Crippen LogP contribution in [0.3, 0.4) is 0 Å². The van der Waals surface area contributed by atoms with Crippen molar-refractivity contribution in [2.75, 3.05) is 13.1 Å². The Bertz CT molecular complexity index is 320. The second-order valence-corrected chi connectivity index (χ2v) is 13.7. The predicted octanol–water partition coefficient (Wildman–Crippen LogP) is 2.14. The molecule has 7 heteroatoms. The molecule has 0 N–H and O–H groups in total.